The van der Waals surface area contributed by atoms with E-state index in [-0.39, 0.29) is 6.54 Å². The lowest BCUT2D eigenvalue weighted by molar-refractivity contribution is 0.410. The molecule has 3 nitrogen and oxygen atoms in total. The summed E-state index contributed by atoms with van der Waals surface area (Å²) in [5, 5.41) is 2.25. The molecule has 2 aromatic rings. The molecule has 0 saturated heterocycles. The van der Waals surface area contributed by atoms with E-state index < -0.39 is 29.2 Å². The summed E-state index contributed by atoms with van der Waals surface area (Å²) >= 11 is 0. The number of anilines is 1. The van der Waals surface area contributed by atoms with E-state index in [1.165, 1.54) is 6.20 Å². The van der Waals surface area contributed by atoms with Gasteiger partial charge in [-0.2, -0.15) is 22.5 Å². The van der Waals surface area contributed by atoms with Crippen LogP contribution in [0.4, 0.5) is 23.2 Å². The van der Waals surface area contributed by atoms with Gasteiger partial charge < -0.3 is 5.32 Å². The highest BCUT2D eigenvalue weighted by Crippen LogP contribution is 2.22. The molecule has 0 aliphatic heterocycles. The van der Waals surface area contributed by atoms with E-state index in [1.807, 2.05) is 0 Å². The Morgan fingerprint density at radius 2 is 1.67 bits per heavy atom. The van der Waals surface area contributed by atoms with Gasteiger partial charge in [0.1, 0.15) is 5.69 Å². The van der Waals surface area contributed by atoms with Gasteiger partial charge in [0.2, 0.25) is 11.6 Å². The van der Waals surface area contributed by atoms with Crippen LogP contribution in [0.5, 0.6) is 0 Å². The summed E-state index contributed by atoms with van der Waals surface area (Å²) < 4.78 is 52.0. The Bertz CT molecular complexity index is 534. The van der Waals surface area contributed by atoms with Gasteiger partial charge in [-0.1, -0.05) is 6.07 Å². The second-order valence-electron chi connectivity index (χ2n) is 3.37. The molecule has 0 unspecified atom stereocenters. The van der Waals surface area contributed by atoms with Gasteiger partial charge in [-0.25, -0.2) is 0 Å². The van der Waals surface area contributed by atoms with E-state index >= 15 is 0 Å². The fourth-order valence-corrected chi connectivity index (χ4v) is 1.32. The second kappa shape index (κ2) is 4.99. The fraction of sp³-hybridized carbons (Fsp3) is 0.0909. The molecular weight excluding hydrogens is 250 g/mol. The molecule has 0 aromatic carbocycles. The van der Waals surface area contributed by atoms with Crippen LogP contribution in [-0.2, 0) is 6.54 Å². The van der Waals surface area contributed by atoms with Crippen LogP contribution in [0.1, 0.15) is 5.69 Å². The van der Waals surface area contributed by atoms with Gasteiger partial charge in [-0.15, -0.1) is 0 Å². The first-order chi connectivity index (χ1) is 8.59. The molecule has 0 amide bonds. The van der Waals surface area contributed by atoms with E-state index in [9.17, 15) is 17.6 Å². The summed E-state index contributed by atoms with van der Waals surface area (Å²) in [7, 11) is 0. The molecule has 94 valence electrons. The smallest absolute Gasteiger partial charge is 0.253 e. The summed E-state index contributed by atoms with van der Waals surface area (Å²) in [6.45, 7) is -0.0719. The number of nitrogens with one attached hydrogen (secondary N) is 1. The highest BCUT2D eigenvalue weighted by molar-refractivity contribution is 5.45. The van der Waals surface area contributed by atoms with Crippen molar-refractivity contribution in [3.8, 4) is 0 Å². The summed E-state index contributed by atoms with van der Waals surface area (Å²) in [5.41, 5.74) is -0.431. The number of halogens is 4. The van der Waals surface area contributed by atoms with Crippen molar-refractivity contribution < 1.29 is 17.6 Å². The Hall–Kier alpha value is -2.18. The summed E-state index contributed by atoms with van der Waals surface area (Å²) in [6, 6.07) is 4.93. The van der Waals surface area contributed by atoms with E-state index in [0.717, 1.165) is 0 Å². The molecule has 7 heteroatoms. The van der Waals surface area contributed by atoms with Crippen molar-refractivity contribution in [2.75, 3.05) is 5.32 Å². The Morgan fingerprint density at radius 1 is 1.00 bits per heavy atom. The third kappa shape index (κ3) is 2.39. The minimum Gasteiger partial charge on any atom is -0.374 e. The van der Waals surface area contributed by atoms with Gasteiger partial charge >= 0.3 is 0 Å². The zero-order chi connectivity index (χ0) is 13.1. The molecule has 2 heterocycles. The molecule has 1 N–H and O–H groups in total. The van der Waals surface area contributed by atoms with Gasteiger partial charge in [-0.3, -0.25) is 4.98 Å². The lowest BCUT2D eigenvalue weighted by Gasteiger charge is -2.08. The maximum Gasteiger partial charge on any atom is 0.253 e. The van der Waals surface area contributed by atoms with E-state index in [1.54, 1.807) is 18.2 Å². The van der Waals surface area contributed by atoms with Gasteiger partial charge in [-0.05, 0) is 12.1 Å². The van der Waals surface area contributed by atoms with Crippen molar-refractivity contribution >= 4 is 5.69 Å². The van der Waals surface area contributed by atoms with Crippen molar-refractivity contribution in [2.45, 2.75) is 6.54 Å². The molecule has 0 atom stereocenters. The zero-order valence-electron chi connectivity index (χ0n) is 8.92. The molecular formula is C11H7F4N3. The monoisotopic (exact) mass is 257 g/mol. The van der Waals surface area contributed by atoms with Crippen LogP contribution in [-0.4, -0.2) is 9.97 Å². The third-order valence-electron chi connectivity index (χ3n) is 2.17. The lowest BCUT2D eigenvalue weighted by Crippen LogP contribution is -2.09. The van der Waals surface area contributed by atoms with Crippen LogP contribution in [0.15, 0.2) is 24.4 Å². The topological polar surface area (TPSA) is 37.8 Å². The summed E-state index contributed by atoms with van der Waals surface area (Å²) in [4.78, 5) is 6.34. The van der Waals surface area contributed by atoms with Crippen LogP contribution < -0.4 is 5.32 Å². The first-order valence-corrected chi connectivity index (χ1v) is 4.93. The average molecular weight is 257 g/mol. The normalized spacial score (nSPS) is 10.4. The Kier molecular flexibility index (Phi) is 3.40. The van der Waals surface area contributed by atoms with Crippen molar-refractivity contribution in [1.82, 2.24) is 9.97 Å². The molecule has 0 aliphatic rings. The number of rotatable bonds is 3. The predicted molar refractivity (Wildman–Crippen MR) is 55.6 cm³/mol. The Labute approximate surface area is 99.5 Å². The van der Waals surface area contributed by atoms with Crippen LogP contribution in [0.2, 0.25) is 0 Å². The highest BCUT2D eigenvalue weighted by atomic mass is 19.2. The molecule has 18 heavy (non-hydrogen) atoms. The van der Waals surface area contributed by atoms with Gasteiger partial charge in [0.05, 0.1) is 12.2 Å². The van der Waals surface area contributed by atoms with Gasteiger partial charge in [0.15, 0.2) is 0 Å². The molecule has 0 bridgehead atoms. The lowest BCUT2D eigenvalue weighted by atomic mass is 10.3. The molecule has 0 radical (unpaired) electrons. The molecule has 2 rings (SSSR count). The number of aromatic nitrogens is 2. The minimum absolute atomic E-state index is 0.0719. The van der Waals surface area contributed by atoms with E-state index in [4.69, 9.17) is 0 Å². The van der Waals surface area contributed by atoms with Crippen molar-refractivity contribution in [2.24, 2.45) is 0 Å². The number of nitrogens with zero attached hydrogens (tertiary/aromatic N) is 2. The standard InChI is InChI=1S/C11H7F4N3/c12-7-9(8(13)11(15)18-10(7)14)17-5-6-3-1-2-4-16-6/h1-4H,5H2,(H,17,18). The molecule has 0 aliphatic carbocycles. The van der Waals surface area contributed by atoms with Gasteiger partial charge in [0.25, 0.3) is 11.9 Å². The largest absolute Gasteiger partial charge is 0.374 e. The van der Waals surface area contributed by atoms with Crippen LogP contribution in [0.25, 0.3) is 0 Å². The maximum atomic E-state index is 13.2. The Balaban J connectivity index is 2.24. The Morgan fingerprint density at radius 3 is 2.22 bits per heavy atom. The first kappa shape index (κ1) is 12.3. The number of hydrogen-bond donors (Lipinski definition) is 1. The SMILES string of the molecule is Fc1nc(F)c(F)c(NCc2ccccn2)c1F. The molecule has 0 fully saturated rings. The van der Waals surface area contributed by atoms with Crippen LogP contribution in [0.3, 0.4) is 0 Å². The number of pyridine rings is 2. The highest BCUT2D eigenvalue weighted by Gasteiger charge is 2.20. The third-order valence-corrected chi connectivity index (χ3v) is 2.17. The van der Waals surface area contributed by atoms with Crippen LogP contribution >= 0.6 is 0 Å². The maximum absolute atomic E-state index is 13.2. The second-order valence-corrected chi connectivity index (χ2v) is 3.37. The molecule has 0 saturated carbocycles. The summed E-state index contributed by atoms with van der Waals surface area (Å²) in [6.07, 6.45) is 1.48. The quantitative estimate of drug-likeness (QED) is 0.678. The van der Waals surface area contributed by atoms with Crippen LogP contribution in [0, 0.1) is 23.5 Å². The van der Waals surface area contributed by atoms with E-state index in [2.05, 4.69) is 15.3 Å². The zero-order valence-corrected chi connectivity index (χ0v) is 8.92. The van der Waals surface area contributed by atoms with Crippen molar-refractivity contribution in [3.05, 3.63) is 53.6 Å². The molecule has 2 aromatic heterocycles. The van der Waals surface area contributed by atoms with Gasteiger partial charge in [0, 0.05) is 6.20 Å². The van der Waals surface area contributed by atoms with E-state index in [0.29, 0.717) is 5.69 Å². The predicted octanol–water partition coefficient (Wildman–Crippen LogP) is 2.65. The number of hydrogen-bond acceptors (Lipinski definition) is 3. The van der Waals surface area contributed by atoms with Crippen molar-refractivity contribution in [3.63, 3.8) is 0 Å². The molecule has 0 spiro atoms. The summed E-state index contributed by atoms with van der Waals surface area (Å²) in [5.74, 6) is -6.52. The van der Waals surface area contributed by atoms with Crippen molar-refractivity contribution in [1.29, 1.82) is 0 Å². The average Bonchev–Trinajstić information content (AvgIpc) is 2.38. The first-order valence-electron chi connectivity index (χ1n) is 4.93. The minimum atomic E-state index is -1.70. The fourth-order valence-electron chi connectivity index (χ4n) is 1.32.